The molecule has 0 amide bonds. The van der Waals surface area contributed by atoms with Crippen molar-refractivity contribution in [2.75, 3.05) is 11.4 Å². The predicted octanol–water partition coefficient (Wildman–Crippen LogP) is 3.29. The number of fused-ring (bicyclic) bond motifs is 1. The summed E-state index contributed by atoms with van der Waals surface area (Å²) in [5, 5.41) is 2.06. The maximum absolute atomic E-state index is 13.5. The summed E-state index contributed by atoms with van der Waals surface area (Å²) in [7, 11) is -2.38. The van der Waals surface area contributed by atoms with E-state index in [4.69, 9.17) is 9.15 Å². The zero-order chi connectivity index (χ0) is 20.6. The molecule has 0 saturated heterocycles. The van der Waals surface area contributed by atoms with Crippen LogP contribution >= 0.6 is 11.3 Å². The Bertz CT molecular complexity index is 1320. The molecule has 0 aliphatic rings. The van der Waals surface area contributed by atoms with E-state index in [9.17, 15) is 13.2 Å². The van der Waals surface area contributed by atoms with Crippen molar-refractivity contribution in [1.82, 2.24) is 9.97 Å². The summed E-state index contributed by atoms with van der Waals surface area (Å²) in [6, 6.07) is 9.75. The molecule has 2 aromatic heterocycles. The molecule has 10 heteroatoms. The van der Waals surface area contributed by atoms with E-state index in [0.717, 1.165) is 11.1 Å². The highest BCUT2D eigenvalue weighted by atomic mass is 32.2. The Morgan fingerprint density at radius 3 is 2.76 bits per heavy atom. The molecule has 150 valence electrons. The number of hydrogen-bond donors (Lipinski definition) is 1. The Kier molecular flexibility index (Phi) is 4.89. The van der Waals surface area contributed by atoms with Gasteiger partial charge in [0, 0.05) is 17.6 Å². The van der Waals surface area contributed by atoms with E-state index in [1.54, 1.807) is 24.8 Å². The second-order valence-corrected chi connectivity index (χ2v) is 9.03. The van der Waals surface area contributed by atoms with Crippen molar-refractivity contribution in [2.45, 2.75) is 18.4 Å². The van der Waals surface area contributed by atoms with Gasteiger partial charge in [-0.3, -0.25) is 4.98 Å². The third kappa shape index (κ3) is 3.64. The lowest BCUT2D eigenvalue weighted by molar-refractivity contribution is 0.414. The van der Waals surface area contributed by atoms with Crippen LogP contribution in [-0.4, -0.2) is 25.5 Å². The van der Waals surface area contributed by atoms with Crippen molar-refractivity contribution in [1.29, 1.82) is 0 Å². The zero-order valence-electron chi connectivity index (χ0n) is 15.6. The Hall–Kier alpha value is -3.11. The molecule has 4 aromatic rings. The van der Waals surface area contributed by atoms with E-state index in [1.165, 1.54) is 33.8 Å². The number of aromatic nitrogens is 2. The van der Waals surface area contributed by atoms with Crippen LogP contribution in [0.4, 0.5) is 5.13 Å². The zero-order valence-corrected chi connectivity index (χ0v) is 17.2. The molecular weight excluding hydrogens is 414 g/mol. The molecule has 4 rings (SSSR count). The van der Waals surface area contributed by atoms with Crippen LogP contribution in [0.1, 0.15) is 11.1 Å². The van der Waals surface area contributed by atoms with Crippen molar-refractivity contribution in [3.63, 3.8) is 0 Å². The van der Waals surface area contributed by atoms with Crippen LogP contribution in [0, 0.1) is 6.92 Å². The molecule has 0 fully saturated rings. The van der Waals surface area contributed by atoms with Gasteiger partial charge in [-0.2, -0.15) is 0 Å². The van der Waals surface area contributed by atoms with Gasteiger partial charge in [-0.05, 0) is 42.3 Å². The van der Waals surface area contributed by atoms with Crippen LogP contribution < -0.4 is 14.8 Å². The predicted molar refractivity (Wildman–Crippen MR) is 110 cm³/mol. The van der Waals surface area contributed by atoms with Crippen LogP contribution in [0.5, 0.6) is 5.75 Å². The van der Waals surface area contributed by atoms with E-state index in [0.29, 0.717) is 16.4 Å². The molecule has 0 bridgehead atoms. The number of aromatic amines is 1. The van der Waals surface area contributed by atoms with E-state index in [-0.39, 0.29) is 17.0 Å². The van der Waals surface area contributed by atoms with Crippen molar-refractivity contribution < 1.29 is 17.6 Å². The summed E-state index contributed by atoms with van der Waals surface area (Å²) in [6.45, 7) is 1.99. The monoisotopic (exact) mass is 431 g/mol. The second-order valence-electron chi connectivity index (χ2n) is 6.29. The molecule has 0 atom stereocenters. The highest BCUT2D eigenvalue weighted by Crippen LogP contribution is 2.30. The van der Waals surface area contributed by atoms with Crippen LogP contribution in [0.2, 0.25) is 0 Å². The lowest BCUT2D eigenvalue weighted by Gasteiger charge is -2.23. The Balaban J connectivity index is 1.79. The summed E-state index contributed by atoms with van der Waals surface area (Å²) in [4.78, 5) is 18.1. The third-order valence-corrected chi connectivity index (χ3v) is 7.12. The maximum atomic E-state index is 13.5. The number of H-pyrrole nitrogens is 1. The first kappa shape index (κ1) is 19.2. The van der Waals surface area contributed by atoms with Gasteiger partial charge >= 0.3 is 5.76 Å². The number of sulfonamides is 1. The number of ether oxygens (including phenoxy) is 1. The standard InChI is InChI=1S/C19H17N3O5S2/c1-12-9-14(26-2)4-3-13(12)11-22(18-20-7-8-28-18)29(24,25)15-5-6-16-17(10-15)27-19(23)21-16/h3-10H,11H2,1-2H3,(H,21,23). The van der Waals surface area contributed by atoms with Gasteiger partial charge in [0.05, 0.1) is 24.1 Å². The van der Waals surface area contributed by atoms with Gasteiger partial charge < -0.3 is 9.15 Å². The second kappa shape index (κ2) is 7.37. The van der Waals surface area contributed by atoms with Crippen molar-refractivity contribution in [3.05, 3.63) is 69.7 Å². The van der Waals surface area contributed by atoms with Gasteiger partial charge in [-0.1, -0.05) is 6.07 Å². The largest absolute Gasteiger partial charge is 0.497 e. The number of nitrogens with one attached hydrogen (secondary N) is 1. The Morgan fingerprint density at radius 2 is 2.07 bits per heavy atom. The van der Waals surface area contributed by atoms with Crippen molar-refractivity contribution >= 4 is 37.6 Å². The molecule has 2 aromatic carbocycles. The van der Waals surface area contributed by atoms with E-state index in [2.05, 4.69) is 9.97 Å². The molecule has 1 N–H and O–H groups in total. The van der Waals surface area contributed by atoms with Gasteiger partial charge in [0.15, 0.2) is 10.7 Å². The van der Waals surface area contributed by atoms with Gasteiger partial charge in [-0.15, -0.1) is 11.3 Å². The van der Waals surface area contributed by atoms with Crippen molar-refractivity contribution in [3.8, 4) is 5.75 Å². The SMILES string of the molecule is COc1ccc(CN(c2nccs2)S(=O)(=O)c2ccc3[nH]c(=O)oc3c2)c(C)c1. The molecule has 8 nitrogen and oxygen atoms in total. The first-order valence-corrected chi connectivity index (χ1v) is 10.9. The first-order chi connectivity index (χ1) is 13.9. The third-order valence-electron chi connectivity index (χ3n) is 4.48. The molecule has 2 heterocycles. The molecule has 29 heavy (non-hydrogen) atoms. The topological polar surface area (TPSA) is 105 Å². The van der Waals surface area contributed by atoms with Crippen LogP contribution in [-0.2, 0) is 16.6 Å². The Morgan fingerprint density at radius 1 is 1.24 bits per heavy atom. The number of rotatable bonds is 6. The number of hydrogen-bond acceptors (Lipinski definition) is 7. The van der Waals surface area contributed by atoms with Crippen molar-refractivity contribution in [2.24, 2.45) is 0 Å². The van der Waals surface area contributed by atoms with Gasteiger partial charge in [0.1, 0.15) is 5.75 Å². The van der Waals surface area contributed by atoms with Gasteiger partial charge in [0.2, 0.25) is 0 Å². The smallest absolute Gasteiger partial charge is 0.417 e. The minimum Gasteiger partial charge on any atom is -0.497 e. The van der Waals surface area contributed by atoms with Gasteiger partial charge in [-0.25, -0.2) is 22.5 Å². The highest BCUT2D eigenvalue weighted by molar-refractivity contribution is 7.93. The quantitative estimate of drug-likeness (QED) is 0.502. The summed E-state index contributed by atoms with van der Waals surface area (Å²) < 4.78 is 38.4. The summed E-state index contributed by atoms with van der Waals surface area (Å²) in [5.74, 6) is 0.0584. The molecule has 0 aliphatic heterocycles. The average molecular weight is 431 g/mol. The fourth-order valence-electron chi connectivity index (χ4n) is 2.94. The molecular formula is C19H17N3O5S2. The van der Waals surface area contributed by atoms with Crippen LogP contribution in [0.15, 0.2) is 62.1 Å². The molecule has 0 saturated carbocycles. The van der Waals surface area contributed by atoms with Crippen LogP contribution in [0.3, 0.4) is 0 Å². The fourth-order valence-corrected chi connectivity index (χ4v) is 5.22. The molecule has 0 radical (unpaired) electrons. The minimum absolute atomic E-state index is 0.00844. The lowest BCUT2D eigenvalue weighted by Crippen LogP contribution is -2.30. The van der Waals surface area contributed by atoms with E-state index >= 15 is 0 Å². The van der Waals surface area contributed by atoms with Gasteiger partial charge in [0.25, 0.3) is 10.0 Å². The summed E-state index contributed by atoms with van der Waals surface area (Å²) in [5.41, 5.74) is 2.32. The number of aryl methyl sites for hydroxylation is 1. The number of oxazole rings is 1. The number of anilines is 1. The minimum atomic E-state index is -3.96. The molecule has 0 unspecified atom stereocenters. The number of thiazole rings is 1. The summed E-state index contributed by atoms with van der Waals surface area (Å²) in [6.07, 6.45) is 1.55. The van der Waals surface area contributed by atoms with E-state index in [1.807, 2.05) is 19.1 Å². The van der Waals surface area contributed by atoms with Crippen LogP contribution in [0.25, 0.3) is 11.1 Å². The number of methoxy groups -OCH3 is 1. The maximum Gasteiger partial charge on any atom is 0.417 e. The molecule has 0 spiro atoms. The fraction of sp³-hybridized carbons (Fsp3) is 0.158. The first-order valence-electron chi connectivity index (χ1n) is 8.57. The lowest BCUT2D eigenvalue weighted by atomic mass is 10.1. The Labute approximate surface area is 170 Å². The number of nitrogens with zero attached hydrogens (tertiary/aromatic N) is 2. The molecule has 0 aliphatic carbocycles. The number of benzene rings is 2. The average Bonchev–Trinajstić information content (AvgIpc) is 3.34. The van der Waals surface area contributed by atoms with E-state index < -0.39 is 15.8 Å². The summed E-state index contributed by atoms with van der Waals surface area (Å²) >= 11 is 1.22. The highest BCUT2D eigenvalue weighted by Gasteiger charge is 2.28. The normalized spacial score (nSPS) is 11.7.